The molecule has 0 saturated heterocycles. The average Bonchev–Trinajstić information content (AvgIpc) is 2.68. The van der Waals surface area contributed by atoms with Crippen molar-refractivity contribution in [2.24, 2.45) is 0 Å². The number of halogens is 1. The molecular weight excluding hydrogens is 211 g/mol. The van der Waals surface area contributed by atoms with Gasteiger partial charge < -0.3 is 5.32 Å². The van der Waals surface area contributed by atoms with Crippen LogP contribution >= 0.6 is 11.5 Å². The summed E-state index contributed by atoms with van der Waals surface area (Å²) in [7, 11) is 1.90. The fraction of sp³-hybridized carbons (Fsp3) is 0.182. The minimum Gasteiger partial charge on any atom is -0.315 e. The molecular formula is C11H11FN2S. The van der Waals surface area contributed by atoms with Gasteiger partial charge >= 0.3 is 0 Å². The van der Waals surface area contributed by atoms with Gasteiger partial charge in [-0.15, -0.1) is 0 Å². The Kier molecular flexibility index (Phi) is 3.08. The van der Waals surface area contributed by atoms with Gasteiger partial charge in [0.1, 0.15) is 5.82 Å². The van der Waals surface area contributed by atoms with Crippen molar-refractivity contribution in [1.82, 2.24) is 9.69 Å². The number of benzene rings is 1. The van der Waals surface area contributed by atoms with E-state index in [1.807, 2.05) is 13.1 Å². The third-order valence-corrected chi connectivity index (χ3v) is 2.83. The van der Waals surface area contributed by atoms with Crippen molar-refractivity contribution in [2.75, 3.05) is 7.05 Å². The normalized spacial score (nSPS) is 10.5. The third kappa shape index (κ3) is 2.40. The van der Waals surface area contributed by atoms with Crippen LogP contribution in [0.15, 0.2) is 30.3 Å². The highest BCUT2D eigenvalue weighted by Crippen LogP contribution is 2.21. The zero-order valence-corrected chi connectivity index (χ0v) is 9.14. The summed E-state index contributed by atoms with van der Waals surface area (Å²) in [5, 5.41) is 3.07. The molecule has 0 fully saturated rings. The molecule has 0 aliphatic heterocycles. The second-order valence-electron chi connectivity index (χ2n) is 3.22. The molecule has 4 heteroatoms. The molecule has 0 bridgehead atoms. The van der Waals surface area contributed by atoms with E-state index in [0.717, 1.165) is 17.8 Å². The SMILES string of the molecule is CNCc1cc(-c2ccc(F)cc2)ns1. The van der Waals surface area contributed by atoms with Crippen LogP contribution in [0.4, 0.5) is 4.39 Å². The Balaban J connectivity index is 2.25. The van der Waals surface area contributed by atoms with E-state index in [4.69, 9.17) is 0 Å². The van der Waals surface area contributed by atoms with Gasteiger partial charge in [-0.2, -0.15) is 4.37 Å². The van der Waals surface area contributed by atoms with E-state index >= 15 is 0 Å². The Morgan fingerprint density at radius 2 is 2.07 bits per heavy atom. The van der Waals surface area contributed by atoms with Crippen molar-refractivity contribution >= 4 is 11.5 Å². The minimum absolute atomic E-state index is 0.218. The predicted molar refractivity (Wildman–Crippen MR) is 60.3 cm³/mol. The largest absolute Gasteiger partial charge is 0.315 e. The number of aromatic nitrogens is 1. The molecule has 15 heavy (non-hydrogen) atoms. The van der Waals surface area contributed by atoms with Gasteiger partial charge in [-0.05, 0) is 48.9 Å². The zero-order valence-electron chi connectivity index (χ0n) is 8.33. The molecule has 0 spiro atoms. The Hall–Kier alpha value is -1.26. The summed E-state index contributed by atoms with van der Waals surface area (Å²) in [5.74, 6) is -0.218. The molecule has 1 heterocycles. The number of nitrogens with zero attached hydrogens (tertiary/aromatic N) is 1. The molecule has 0 aliphatic carbocycles. The third-order valence-electron chi connectivity index (χ3n) is 2.05. The average molecular weight is 222 g/mol. The molecule has 2 nitrogen and oxygen atoms in total. The van der Waals surface area contributed by atoms with Crippen LogP contribution in [0.3, 0.4) is 0 Å². The van der Waals surface area contributed by atoms with Crippen LogP contribution in [0.1, 0.15) is 4.88 Å². The standard InChI is InChI=1S/C11H11FN2S/c1-13-7-10-6-11(14-15-10)8-2-4-9(12)5-3-8/h2-6,13H,7H2,1H3. The number of hydrogen-bond donors (Lipinski definition) is 1. The van der Waals surface area contributed by atoms with Gasteiger partial charge in [-0.25, -0.2) is 4.39 Å². The molecule has 1 aromatic carbocycles. The van der Waals surface area contributed by atoms with Crippen LogP contribution in [0, 0.1) is 5.82 Å². The summed E-state index contributed by atoms with van der Waals surface area (Å²) in [6.45, 7) is 0.818. The summed E-state index contributed by atoms with van der Waals surface area (Å²) >= 11 is 1.47. The highest BCUT2D eigenvalue weighted by Gasteiger charge is 2.03. The van der Waals surface area contributed by atoms with Gasteiger partial charge in [0.25, 0.3) is 0 Å². The lowest BCUT2D eigenvalue weighted by molar-refractivity contribution is 0.628. The topological polar surface area (TPSA) is 24.9 Å². The first-order valence-electron chi connectivity index (χ1n) is 4.66. The van der Waals surface area contributed by atoms with E-state index in [1.54, 1.807) is 12.1 Å². The second kappa shape index (κ2) is 4.51. The molecule has 0 aliphatic rings. The van der Waals surface area contributed by atoms with E-state index in [0.29, 0.717) is 0 Å². The van der Waals surface area contributed by atoms with E-state index in [9.17, 15) is 4.39 Å². The summed E-state index contributed by atoms with van der Waals surface area (Å²) < 4.78 is 17.0. The Morgan fingerprint density at radius 1 is 1.33 bits per heavy atom. The van der Waals surface area contributed by atoms with Crippen LogP contribution in [-0.2, 0) is 6.54 Å². The fourth-order valence-corrected chi connectivity index (χ4v) is 2.07. The predicted octanol–water partition coefficient (Wildman–Crippen LogP) is 2.67. The fourth-order valence-electron chi connectivity index (χ4n) is 1.33. The maximum absolute atomic E-state index is 12.7. The van der Waals surface area contributed by atoms with Crippen molar-refractivity contribution in [2.45, 2.75) is 6.54 Å². The molecule has 0 saturated carbocycles. The van der Waals surface area contributed by atoms with Crippen molar-refractivity contribution in [3.8, 4) is 11.3 Å². The molecule has 1 aromatic heterocycles. The second-order valence-corrected chi connectivity index (χ2v) is 4.11. The van der Waals surface area contributed by atoms with Gasteiger partial charge in [0.15, 0.2) is 0 Å². The molecule has 0 unspecified atom stereocenters. The lowest BCUT2D eigenvalue weighted by Crippen LogP contribution is -2.02. The van der Waals surface area contributed by atoms with E-state index in [1.165, 1.54) is 28.5 Å². The molecule has 0 radical (unpaired) electrons. The van der Waals surface area contributed by atoms with E-state index in [2.05, 4.69) is 9.69 Å². The lowest BCUT2D eigenvalue weighted by atomic mass is 10.1. The van der Waals surface area contributed by atoms with Gasteiger partial charge in [-0.3, -0.25) is 0 Å². The molecule has 2 aromatic rings. The summed E-state index contributed by atoms with van der Waals surface area (Å²) in [6.07, 6.45) is 0. The van der Waals surface area contributed by atoms with Gasteiger partial charge in [0, 0.05) is 17.0 Å². The summed E-state index contributed by atoms with van der Waals surface area (Å²) in [4.78, 5) is 1.18. The number of nitrogens with one attached hydrogen (secondary N) is 1. The molecule has 78 valence electrons. The maximum atomic E-state index is 12.7. The van der Waals surface area contributed by atoms with Crippen LogP contribution in [0.5, 0.6) is 0 Å². The van der Waals surface area contributed by atoms with Crippen molar-refractivity contribution in [3.63, 3.8) is 0 Å². The van der Waals surface area contributed by atoms with Crippen LogP contribution < -0.4 is 5.32 Å². The molecule has 1 N–H and O–H groups in total. The van der Waals surface area contributed by atoms with Crippen LogP contribution in [0.25, 0.3) is 11.3 Å². The van der Waals surface area contributed by atoms with Crippen molar-refractivity contribution in [3.05, 3.63) is 41.0 Å². The zero-order chi connectivity index (χ0) is 10.7. The van der Waals surface area contributed by atoms with Crippen molar-refractivity contribution < 1.29 is 4.39 Å². The van der Waals surface area contributed by atoms with E-state index in [-0.39, 0.29) is 5.82 Å². The van der Waals surface area contributed by atoms with Gasteiger partial charge in [0.2, 0.25) is 0 Å². The quantitative estimate of drug-likeness (QED) is 0.863. The van der Waals surface area contributed by atoms with Crippen LogP contribution in [0.2, 0.25) is 0 Å². The summed E-state index contributed by atoms with van der Waals surface area (Å²) in [5.41, 5.74) is 1.86. The van der Waals surface area contributed by atoms with Crippen molar-refractivity contribution in [1.29, 1.82) is 0 Å². The molecule has 2 rings (SSSR count). The Bertz CT molecular complexity index is 436. The van der Waals surface area contributed by atoms with E-state index < -0.39 is 0 Å². The monoisotopic (exact) mass is 222 g/mol. The Labute approximate surface area is 91.9 Å². The highest BCUT2D eigenvalue weighted by molar-refractivity contribution is 7.06. The first kappa shape index (κ1) is 10.3. The first-order valence-corrected chi connectivity index (χ1v) is 5.43. The lowest BCUT2D eigenvalue weighted by Gasteiger charge is -1.95. The molecule has 0 amide bonds. The minimum atomic E-state index is -0.218. The van der Waals surface area contributed by atoms with Gasteiger partial charge in [-0.1, -0.05) is 0 Å². The molecule has 0 atom stereocenters. The number of rotatable bonds is 3. The highest BCUT2D eigenvalue weighted by atomic mass is 32.1. The Morgan fingerprint density at radius 3 is 2.73 bits per heavy atom. The first-order chi connectivity index (χ1) is 7.29. The van der Waals surface area contributed by atoms with Gasteiger partial charge in [0.05, 0.1) is 5.69 Å². The summed E-state index contributed by atoms with van der Waals surface area (Å²) in [6, 6.07) is 8.41. The number of hydrogen-bond acceptors (Lipinski definition) is 3. The van der Waals surface area contributed by atoms with Crippen LogP contribution in [-0.4, -0.2) is 11.4 Å². The smallest absolute Gasteiger partial charge is 0.123 e. The maximum Gasteiger partial charge on any atom is 0.123 e.